The van der Waals surface area contributed by atoms with Crippen LogP contribution in [0.4, 0.5) is 0 Å². The van der Waals surface area contributed by atoms with Gasteiger partial charge in [-0.15, -0.1) is 0 Å². The second-order valence-corrected chi connectivity index (χ2v) is 10.0. The van der Waals surface area contributed by atoms with Gasteiger partial charge in [0.15, 0.2) is 0 Å². The van der Waals surface area contributed by atoms with E-state index in [2.05, 4.69) is 13.0 Å². The Morgan fingerprint density at radius 1 is 1.13 bits per heavy atom. The zero-order valence-electron chi connectivity index (χ0n) is 19.1. The highest BCUT2D eigenvalue weighted by molar-refractivity contribution is 5.72. The monoisotopic (exact) mass is 428 g/mol. The fourth-order valence-corrected chi connectivity index (χ4v) is 6.59. The first kappa shape index (κ1) is 22.3. The number of aliphatic hydroxyl groups is 1. The summed E-state index contributed by atoms with van der Waals surface area (Å²) in [6, 6.07) is 6.13. The molecule has 0 aliphatic heterocycles. The van der Waals surface area contributed by atoms with Gasteiger partial charge < -0.3 is 14.6 Å². The van der Waals surface area contributed by atoms with E-state index in [1.54, 1.807) is 0 Å². The van der Waals surface area contributed by atoms with Crippen molar-refractivity contribution in [3.05, 3.63) is 29.3 Å². The van der Waals surface area contributed by atoms with Gasteiger partial charge in [0.25, 0.3) is 0 Å². The Hall–Kier alpha value is -1.88. The highest BCUT2D eigenvalue weighted by Crippen LogP contribution is 2.61. The molecular weight excluding hydrogens is 392 g/mol. The van der Waals surface area contributed by atoms with Crippen molar-refractivity contribution in [2.75, 3.05) is 0 Å². The Labute approximate surface area is 185 Å². The number of ether oxygens (including phenoxy) is 2. The largest absolute Gasteiger partial charge is 0.459 e. The Morgan fingerprint density at radius 2 is 1.87 bits per heavy atom. The van der Waals surface area contributed by atoms with Crippen molar-refractivity contribution in [1.82, 2.24) is 0 Å². The van der Waals surface area contributed by atoms with Crippen molar-refractivity contribution >= 4 is 11.9 Å². The molecule has 31 heavy (non-hydrogen) atoms. The molecule has 6 atom stereocenters. The van der Waals surface area contributed by atoms with E-state index in [9.17, 15) is 14.7 Å². The van der Waals surface area contributed by atoms with E-state index < -0.39 is 6.10 Å². The minimum Gasteiger partial charge on any atom is -0.459 e. The van der Waals surface area contributed by atoms with Gasteiger partial charge in [0, 0.05) is 18.3 Å². The van der Waals surface area contributed by atoms with Gasteiger partial charge >= 0.3 is 11.9 Å². The van der Waals surface area contributed by atoms with E-state index >= 15 is 0 Å². The Bertz CT molecular complexity index is 833. The van der Waals surface area contributed by atoms with Gasteiger partial charge in [0.1, 0.15) is 11.9 Å². The molecule has 2 saturated carbocycles. The summed E-state index contributed by atoms with van der Waals surface area (Å²) in [4.78, 5) is 24.1. The number of hydrogen-bond acceptors (Lipinski definition) is 5. The van der Waals surface area contributed by atoms with Crippen LogP contribution in [0.3, 0.4) is 0 Å². The van der Waals surface area contributed by atoms with Crippen molar-refractivity contribution in [2.45, 2.75) is 96.7 Å². The molecule has 2 fully saturated rings. The molecule has 0 aromatic heterocycles. The van der Waals surface area contributed by atoms with Crippen molar-refractivity contribution in [1.29, 1.82) is 0 Å². The maximum atomic E-state index is 12.2. The van der Waals surface area contributed by atoms with Crippen molar-refractivity contribution < 1.29 is 24.2 Å². The second kappa shape index (κ2) is 8.93. The lowest BCUT2D eigenvalue weighted by Crippen LogP contribution is -2.46. The van der Waals surface area contributed by atoms with Crippen LogP contribution in [0.15, 0.2) is 18.2 Å². The van der Waals surface area contributed by atoms with Crippen LogP contribution in [0.1, 0.15) is 89.2 Å². The van der Waals surface area contributed by atoms with Gasteiger partial charge in [-0.2, -0.15) is 0 Å². The first-order chi connectivity index (χ1) is 14.9. The molecule has 5 heteroatoms. The topological polar surface area (TPSA) is 72.8 Å². The minimum absolute atomic E-state index is 0.156. The van der Waals surface area contributed by atoms with E-state index in [-0.39, 0.29) is 23.5 Å². The number of carbonyl (C=O) groups is 2. The van der Waals surface area contributed by atoms with Crippen LogP contribution in [0, 0.1) is 17.3 Å². The summed E-state index contributed by atoms with van der Waals surface area (Å²) in [5.74, 6) is 1.60. The maximum Gasteiger partial charge on any atom is 0.311 e. The number of esters is 2. The molecule has 0 amide bonds. The molecule has 4 rings (SSSR count). The average molecular weight is 429 g/mol. The molecule has 1 N–H and O–H groups in total. The molecule has 1 aromatic rings. The van der Waals surface area contributed by atoms with Gasteiger partial charge in [0.2, 0.25) is 0 Å². The van der Waals surface area contributed by atoms with Gasteiger partial charge in [-0.1, -0.05) is 26.8 Å². The molecule has 1 aromatic carbocycles. The summed E-state index contributed by atoms with van der Waals surface area (Å²) in [5.41, 5.74) is 2.50. The second-order valence-electron chi connectivity index (χ2n) is 10.0. The lowest BCUT2D eigenvalue weighted by molar-refractivity contribution is -0.164. The van der Waals surface area contributed by atoms with Crippen LogP contribution in [-0.4, -0.2) is 29.3 Å². The fourth-order valence-electron chi connectivity index (χ4n) is 6.59. The Morgan fingerprint density at radius 3 is 2.61 bits per heavy atom. The van der Waals surface area contributed by atoms with Crippen molar-refractivity contribution in [3.63, 3.8) is 0 Å². The normalized spacial score (nSPS) is 33.7. The first-order valence-corrected chi connectivity index (χ1v) is 12.1. The summed E-state index contributed by atoms with van der Waals surface area (Å²) in [7, 11) is 0. The molecule has 170 valence electrons. The summed E-state index contributed by atoms with van der Waals surface area (Å²) in [5, 5.41) is 10.8. The molecule has 3 aliphatic carbocycles. The zero-order chi connectivity index (χ0) is 22.2. The van der Waals surface area contributed by atoms with Crippen LogP contribution < -0.4 is 4.74 Å². The summed E-state index contributed by atoms with van der Waals surface area (Å²) < 4.78 is 11.3. The molecule has 0 spiro atoms. The number of rotatable bonds is 6. The summed E-state index contributed by atoms with van der Waals surface area (Å²) in [6.45, 7) is 6.16. The Kier molecular flexibility index (Phi) is 6.43. The highest BCUT2D eigenvalue weighted by Gasteiger charge is 2.59. The Balaban J connectivity index is 1.52. The van der Waals surface area contributed by atoms with E-state index in [4.69, 9.17) is 9.47 Å². The molecule has 5 nitrogen and oxygen atoms in total. The van der Waals surface area contributed by atoms with E-state index in [1.807, 2.05) is 26.0 Å². The highest BCUT2D eigenvalue weighted by atomic mass is 16.6. The molecule has 0 radical (unpaired) electrons. The standard InChI is InChI=1S/C26H36O5/c1-4-6-23(28)30-17-9-11-18-16(14-17)8-10-20-19(18)12-13-26(3)21(20)15-22(27)25(26)31-24(29)7-5-2/h9,11,14,19-22,25,27H,4-8,10,12-13,15H2,1-3H3/t19-,20-,21+,22-,25?,26+/m1/s1. The molecule has 0 heterocycles. The van der Waals surface area contributed by atoms with Crippen LogP contribution >= 0.6 is 0 Å². The van der Waals surface area contributed by atoms with E-state index in [0.717, 1.165) is 38.5 Å². The number of fused-ring (bicyclic) bond motifs is 5. The smallest absolute Gasteiger partial charge is 0.311 e. The SMILES string of the molecule is CCCC(=O)Oc1ccc2c(c1)CC[C@@H]1[C@@H]2CC[C@]2(C)C(OC(=O)CCC)[C@H](O)C[C@@H]12. The van der Waals surface area contributed by atoms with Crippen molar-refractivity contribution in [3.8, 4) is 5.75 Å². The molecule has 0 saturated heterocycles. The first-order valence-electron chi connectivity index (χ1n) is 12.1. The predicted molar refractivity (Wildman–Crippen MR) is 118 cm³/mol. The zero-order valence-corrected chi connectivity index (χ0v) is 19.1. The van der Waals surface area contributed by atoms with E-state index in [0.29, 0.717) is 42.8 Å². The van der Waals surface area contributed by atoms with Gasteiger partial charge in [-0.05, 0) is 86.0 Å². The quantitative estimate of drug-likeness (QED) is 0.514. The van der Waals surface area contributed by atoms with Gasteiger partial charge in [0.05, 0.1) is 6.10 Å². The van der Waals surface area contributed by atoms with Crippen LogP contribution in [-0.2, 0) is 20.7 Å². The third kappa shape index (κ3) is 4.13. The minimum atomic E-state index is -0.573. The number of aryl methyl sites for hydroxylation is 1. The lowest BCUT2D eigenvalue weighted by Gasteiger charge is -2.50. The number of hydrogen-bond donors (Lipinski definition) is 1. The maximum absolute atomic E-state index is 12.2. The third-order valence-corrected chi connectivity index (χ3v) is 8.03. The van der Waals surface area contributed by atoms with Crippen LogP contribution in [0.2, 0.25) is 0 Å². The van der Waals surface area contributed by atoms with Crippen LogP contribution in [0.25, 0.3) is 0 Å². The third-order valence-electron chi connectivity index (χ3n) is 8.03. The van der Waals surface area contributed by atoms with Crippen molar-refractivity contribution in [2.24, 2.45) is 17.3 Å². The molecule has 3 aliphatic rings. The predicted octanol–water partition coefficient (Wildman–Crippen LogP) is 4.93. The fraction of sp³-hybridized carbons (Fsp3) is 0.692. The lowest BCUT2D eigenvalue weighted by atomic mass is 9.55. The summed E-state index contributed by atoms with van der Waals surface area (Å²) >= 11 is 0. The number of benzene rings is 1. The van der Waals surface area contributed by atoms with E-state index in [1.165, 1.54) is 11.1 Å². The molecular formula is C26H36O5. The summed E-state index contributed by atoms with van der Waals surface area (Å²) in [6.07, 6.45) is 6.15. The average Bonchev–Trinajstić information content (AvgIpc) is 2.98. The number of aliphatic hydroxyl groups excluding tert-OH is 1. The molecule has 1 unspecified atom stereocenters. The molecule has 0 bridgehead atoms. The number of carbonyl (C=O) groups excluding carboxylic acids is 2. The van der Waals surface area contributed by atoms with Crippen LogP contribution in [0.5, 0.6) is 5.75 Å². The van der Waals surface area contributed by atoms with Gasteiger partial charge in [-0.25, -0.2) is 0 Å². The van der Waals surface area contributed by atoms with Gasteiger partial charge in [-0.3, -0.25) is 9.59 Å².